The van der Waals surface area contributed by atoms with E-state index in [1.807, 2.05) is 18.3 Å². The summed E-state index contributed by atoms with van der Waals surface area (Å²) >= 11 is 1.79. The summed E-state index contributed by atoms with van der Waals surface area (Å²) in [6.45, 7) is 0. The van der Waals surface area contributed by atoms with Crippen molar-refractivity contribution < 1.29 is 4.74 Å². The van der Waals surface area contributed by atoms with Crippen molar-refractivity contribution >= 4 is 11.3 Å². The molecule has 0 amide bonds. The van der Waals surface area contributed by atoms with Crippen molar-refractivity contribution in [1.82, 2.24) is 4.98 Å². The minimum Gasteiger partial charge on any atom is -0.481 e. The number of nitrogens with two attached hydrogens (primary N) is 1. The number of ether oxygens (including phenoxy) is 1. The van der Waals surface area contributed by atoms with Gasteiger partial charge in [0.25, 0.3) is 0 Å². The maximum absolute atomic E-state index is 6.14. The van der Waals surface area contributed by atoms with Crippen molar-refractivity contribution in [3.05, 3.63) is 46.3 Å². The zero-order valence-electron chi connectivity index (χ0n) is 10.5. The van der Waals surface area contributed by atoms with Gasteiger partial charge < -0.3 is 10.5 Å². The van der Waals surface area contributed by atoms with Gasteiger partial charge in [-0.2, -0.15) is 0 Å². The van der Waals surface area contributed by atoms with Crippen molar-refractivity contribution in [1.29, 1.82) is 0 Å². The van der Waals surface area contributed by atoms with E-state index in [9.17, 15) is 0 Å². The molecule has 0 aliphatic rings. The summed E-state index contributed by atoms with van der Waals surface area (Å²) in [4.78, 5) is 5.59. The third kappa shape index (κ3) is 3.82. The van der Waals surface area contributed by atoms with E-state index in [0.717, 1.165) is 24.8 Å². The molecule has 96 valence electrons. The van der Waals surface area contributed by atoms with Gasteiger partial charge in [0.15, 0.2) is 0 Å². The molecule has 0 fully saturated rings. The van der Waals surface area contributed by atoms with Gasteiger partial charge in [0.1, 0.15) is 0 Å². The Morgan fingerprint density at radius 2 is 2.28 bits per heavy atom. The molecule has 2 rings (SSSR count). The number of aryl methyl sites for hydroxylation is 1. The number of thiophene rings is 1. The first kappa shape index (κ1) is 13.1. The van der Waals surface area contributed by atoms with Crippen molar-refractivity contribution in [3.8, 4) is 5.88 Å². The molecule has 2 aromatic heterocycles. The molecule has 2 heterocycles. The molecule has 0 aliphatic heterocycles. The molecule has 4 heteroatoms. The van der Waals surface area contributed by atoms with Gasteiger partial charge in [0.05, 0.1) is 7.11 Å². The van der Waals surface area contributed by atoms with Gasteiger partial charge >= 0.3 is 0 Å². The highest BCUT2D eigenvalue weighted by molar-refractivity contribution is 7.09. The van der Waals surface area contributed by atoms with Crippen LogP contribution in [-0.4, -0.2) is 18.1 Å². The van der Waals surface area contributed by atoms with E-state index < -0.39 is 0 Å². The van der Waals surface area contributed by atoms with E-state index in [1.165, 1.54) is 4.88 Å². The zero-order chi connectivity index (χ0) is 12.8. The van der Waals surface area contributed by atoms with E-state index in [1.54, 1.807) is 18.4 Å². The fourth-order valence-corrected chi connectivity index (χ4v) is 2.56. The first-order chi connectivity index (χ1) is 8.78. The molecular formula is C14H18N2OS. The Labute approximate surface area is 112 Å². The first-order valence-electron chi connectivity index (χ1n) is 6.05. The number of hydrogen-bond acceptors (Lipinski definition) is 4. The molecule has 0 saturated heterocycles. The Morgan fingerprint density at radius 3 is 2.89 bits per heavy atom. The fraction of sp³-hybridized carbons (Fsp3) is 0.357. The van der Waals surface area contributed by atoms with Crippen LogP contribution in [0.1, 0.15) is 16.9 Å². The monoisotopic (exact) mass is 262 g/mol. The molecule has 0 saturated carbocycles. The lowest BCUT2D eigenvalue weighted by Crippen LogP contribution is -2.23. The molecule has 0 bridgehead atoms. The van der Waals surface area contributed by atoms with Gasteiger partial charge in [-0.1, -0.05) is 12.1 Å². The molecule has 3 nitrogen and oxygen atoms in total. The highest BCUT2D eigenvalue weighted by Gasteiger charge is 2.06. The third-order valence-electron chi connectivity index (χ3n) is 2.85. The molecule has 2 aromatic rings. The van der Waals surface area contributed by atoms with Crippen molar-refractivity contribution in [2.24, 2.45) is 5.73 Å². The molecular weight excluding hydrogens is 244 g/mol. The van der Waals surface area contributed by atoms with Gasteiger partial charge in [-0.25, -0.2) is 4.98 Å². The number of aromatic nitrogens is 1. The summed E-state index contributed by atoms with van der Waals surface area (Å²) in [6, 6.07) is 8.32. The van der Waals surface area contributed by atoms with Crippen LogP contribution in [0.4, 0.5) is 0 Å². The number of methoxy groups -OCH3 is 1. The third-order valence-corrected chi connectivity index (χ3v) is 3.78. The van der Waals surface area contributed by atoms with Crippen LogP contribution in [0.5, 0.6) is 5.88 Å². The second kappa shape index (κ2) is 6.52. The SMILES string of the molecule is COc1ccc(CC(N)CCc2cccs2)cn1. The predicted octanol–water partition coefficient (Wildman–Crippen LogP) is 2.65. The maximum Gasteiger partial charge on any atom is 0.212 e. The van der Waals surface area contributed by atoms with Gasteiger partial charge in [0.2, 0.25) is 5.88 Å². The lowest BCUT2D eigenvalue weighted by Gasteiger charge is -2.10. The van der Waals surface area contributed by atoms with Crippen LogP contribution in [-0.2, 0) is 12.8 Å². The minimum atomic E-state index is 0.183. The van der Waals surface area contributed by atoms with Crippen LogP contribution in [0.3, 0.4) is 0 Å². The topological polar surface area (TPSA) is 48.1 Å². The normalized spacial score (nSPS) is 12.3. The van der Waals surface area contributed by atoms with Crippen LogP contribution in [0.15, 0.2) is 35.8 Å². The zero-order valence-corrected chi connectivity index (χ0v) is 11.3. The second-order valence-electron chi connectivity index (χ2n) is 4.29. The lowest BCUT2D eigenvalue weighted by atomic mass is 10.0. The maximum atomic E-state index is 6.14. The highest BCUT2D eigenvalue weighted by Crippen LogP contribution is 2.14. The molecule has 2 N–H and O–H groups in total. The van der Waals surface area contributed by atoms with Crippen LogP contribution in [0.2, 0.25) is 0 Å². The molecule has 18 heavy (non-hydrogen) atoms. The summed E-state index contributed by atoms with van der Waals surface area (Å²) in [5.41, 5.74) is 7.30. The van der Waals surface area contributed by atoms with E-state index in [-0.39, 0.29) is 6.04 Å². The Kier molecular flexibility index (Phi) is 4.73. The van der Waals surface area contributed by atoms with Gasteiger partial charge in [-0.05, 0) is 36.3 Å². The smallest absolute Gasteiger partial charge is 0.212 e. The molecule has 1 atom stereocenters. The number of hydrogen-bond donors (Lipinski definition) is 1. The van der Waals surface area contributed by atoms with Gasteiger partial charge in [-0.15, -0.1) is 11.3 Å². The molecule has 0 spiro atoms. The van der Waals surface area contributed by atoms with E-state index in [2.05, 4.69) is 22.5 Å². The lowest BCUT2D eigenvalue weighted by molar-refractivity contribution is 0.397. The Hall–Kier alpha value is -1.39. The molecule has 0 aliphatic carbocycles. The first-order valence-corrected chi connectivity index (χ1v) is 6.93. The molecule has 0 radical (unpaired) electrons. The van der Waals surface area contributed by atoms with Crippen LogP contribution in [0.25, 0.3) is 0 Å². The van der Waals surface area contributed by atoms with Gasteiger partial charge in [-0.3, -0.25) is 0 Å². The average Bonchev–Trinajstić information content (AvgIpc) is 2.90. The summed E-state index contributed by atoms with van der Waals surface area (Å²) < 4.78 is 5.03. The predicted molar refractivity (Wildman–Crippen MR) is 75.1 cm³/mol. The van der Waals surface area contributed by atoms with Crippen molar-refractivity contribution in [3.63, 3.8) is 0 Å². The Bertz CT molecular complexity index is 453. The summed E-state index contributed by atoms with van der Waals surface area (Å²) in [5, 5.41) is 2.11. The second-order valence-corrected chi connectivity index (χ2v) is 5.32. The quantitative estimate of drug-likeness (QED) is 0.870. The van der Waals surface area contributed by atoms with E-state index in [4.69, 9.17) is 10.5 Å². The molecule has 0 aromatic carbocycles. The van der Waals surface area contributed by atoms with E-state index in [0.29, 0.717) is 5.88 Å². The van der Waals surface area contributed by atoms with Crippen LogP contribution >= 0.6 is 11.3 Å². The van der Waals surface area contributed by atoms with Crippen molar-refractivity contribution in [2.45, 2.75) is 25.3 Å². The summed E-state index contributed by atoms with van der Waals surface area (Å²) in [6.07, 6.45) is 4.77. The number of pyridine rings is 1. The highest BCUT2D eigenvalue weighted by atomic mass is 32.1. The summed E-state index contributed by atoms with van der Waals surface area (Å²) in [5.74, 6) is 0.644. The number of rotatable bonds is 6. The van der Waals surface area contributed by atoms with Gasteiger partial charge in [0, 0.05) is 23.2 Å². The van der Waals surface area contributed by atoms with Crippen LogP contribution in [0, 0.1) is 0 Å². The molecule has 1 unspecified atom stereocenters. The fourth-order valence-electron chi connectivity index (χ4n) is 1.84. The van der Waals surface area contributed by atoms with Crippen molar-refractivity contribution in [2.75, 3.05) is 7.11 Å². The summed E-state index contributed by atoms with van der Waals surface area (Å²) in [7, 11) is 1.62. The minimum absolute atomic E-state index is 0.183. The average molecular weight is 262 g/mol. The van der Waals surface area contributed by atoms with E-state index >= 15 is 0 Å². The van der Waals surface area contributed by atoms with Crippen LogP contribution < -0.4 is 10.5 Å². The number of nitrogens with zero attached hydrogens (tertiary/aromatic N) is 1. The largest absolute Gasteiger partial charge is 0.481 e. The Balaban J connectivity index is 1.80. The Morgan fingerprint density at radius 1 is 1.39 bits per heavy atom. The standard InChI is InChI=1S/C14H18N2OS/c1-17-14-7-4-11(10-16-14)9-12(15)5-6-13-3-2-8-18-13/h2-4,7-8,10,12H,5-6,9,15H2,1H3.